The van der Waals surface area contributed by atoms with Crippen LogP contribution in [0, 0.1) is 5.92 Å². The summed E-state index contributed by atoms with van der Waals surface area (Å²) >= 11 is 0. The molecule has 1 amide bonds. The highest BCUT2D eigenvalue weighted by Gasteiger charge is 2.26. The summed E-state index contributed by atoms with van der Waals surface area (Å²) < 4.78 is 13.5. The van der Waals surface area contributed by atoms with Crippen molar-refractivity contribution in [3.63, 3.8) is 0 Å². The SMILES string of the molecule is CC(C)C(=O)N(Cc1ccco1)Cc1c(-c2ccccc2)nn(C)c1Oc1ccccc1. The van der Waals surface area contributed by atoms with E-state index in [1.807, 2.05) is 93.7 Å². The monoisotopic (exact) mass is 429 g/mol. The molecule has 0 spiro atoms. The van der Waals surface area contributed by atoms with Crippen molar-refractivity contribution >= 4 is 5.91 Å². The van der Waals surface area contributed by atoms with Gasteiger partial charge in [0.2, 0.25) is 11.8 Å². The van der Waals surface area contributed by atoms with Crippen molar-refractivity contribution < 1.29 is 13.9 Å². The fourth-order valence-corrected chi connectivity index (χ4v) is 3.61. The summed E-state index contributed by atoms with van der Waals surface area (Å²) in [5.74, 6) is 1.94. The minimum absolute atomic E-state index is 0.0370. The number of aryl methyl sites for hydroxylation is 1. The van der Waals surface area contributed by atoms with E-state index >= 15 is 0 Å². The summed E-state index contributed by atoms with van der Waals surface area (Å²) in [5.41, 5.74) is 2.61. The molecular weight excluding hydrogens is 402 g/mol. The van der Waals surface area contributed by atoms with Crippen LogP contribution in [-0.2, 0) is 24.9 Å². The molecule has 0 saturated heterocycles. The third-order valence-corrected chi connectivity index (χ3v) is 5.17. The van der Waals surface area contributed by atoms with Crippen molar-refractivity contribution in [1.82, 2.24) is 14.7 Å². The number of rotatable bonds is 8. The normalized spacial score (nSPS) is 11.0. The highest BCUT2D eigenvalue weighted by Crippen LogP contribution is 2.34. The number of benzene rings is 2. The molecule has 0 saturated carbocycles. The predicted molar refractivity (Wildman–Crippen MR) is 123 cm³/mol. The Kier molecular flexibility index (Phi) is 6.40. The highest BCUT2D eigenvalue weighted by atomic mass is 16.5. The van der Waals surface area contributed by atoms with Crippen molar-refractivity contribution in [2.45, 2.75) is 26.9 Å². The van der Waals surface area contributed by atoms with Gasteiger partial charge in [-0.05, 0) is 24.3 Å². The number of para-hydroxylation sites is 1. The molecule has 4 aromatic rings. The van der Waals surface area contributed by atoms with Gasteiger partial charge in [0.05, 0.1) is 24.9 Å². The van der Waals surface area contributed by atoms with Crippen LogP contribution in [0.5, 0.6) is 11.6 Å². The van der Waals surface area contributed by atoms with Crippen molar-refractivity contribution in [2.24, 2.45) is 13.0 Å². The molecule has 164 valence electrons. The zero-order valence-corrected chi connectivity index (χ0v) is 18.6. The predicted octanol–water partition coefficient (Wildman–Crippen LogP) is 5.66. The zero-order valence-electron chi connectivity index (χ0n) is 18.6. The molecule has 0 bridgehead atoms. The van der Waals surface area contributed by atoms with Crippen molar-refractivity contribution in [2.75, 3.05) is 0 Å². The Bertz CT molecular complexity index is 1150. The molecule has 0 N–H and O–H groups in total. The molecule has 0 radical (unpaired) electrons. The van der Waals surface area contributed by atoms with Crippen molar-refractivity contribution in [3.05, 3.63) is 90.4 Å². The summed E-state index contributed by atoms with van der Waals surface area (Å²) in [7, 11) is 1.86. The Hall–Kier alpha value is -3.80. The first-order valence-corrected chi connectivity index (χ1v) is 10.7. The van der Waals surface area contributed by atoms with Gasteiger partial charge in [0.25, 0.3) is 0 Å². The van der Waals surface area contributed by atoms with Gasteiger partial charge in [-0.1, -0.05) is 62.4 Å². The summed E-state index contributed by atoms with van der Waals surface area (Å²) in [6.45, 7) is 4.52. The summed E-state index contributed by atoms with van der Waals surface area (Å²) in [6.07, 6.45) is 1.62. The lowest BCUT2D eigenvalue weighted by molar-refractivity contribution is -0.136. The third-order valence-electron chi connectivity index (χ3n) is 5.17. The standard InChI is InChI=1S/C26H27N3O3/c1-19(2)25(30)29(17-22-15-10-16-31-22)18-23-24(20-11-6-4-7-12-20)27-28(3)26(23)32-21-13-8-5-9-14-21/h4-16,19H,17-18H2,1-3H3. The second-order valence-corrected chi connectivity index (χ2v) is 7.97. The molecule has 6 nitrogen and oxygen atoms in total. The van der Waals surface area contributed by atoms with Crippen LogP contribution in [0.1, 0.15) is 25.2 Å². The summed E-state index contributed by atoms with van der Waals surface area (Å²) in [4.78, 5) is 14.9. The first kappa shape index (κ1) is 21.4. The van der Waals surface area contributed by atoms with Crippen LogP contribution in [0.15, 0.2) is 83.5 Å². The van der Waals surface area contributed by atoms with Crippen LogP contribution in [0.2, 0.25) is 0 Å². The Balaban J connectivity index is 1.77. The largest absolute Gasteiger partial charge is 0.467 e. The molecule has 4 rings (SSSR count). The van der Waals surface area contributed by atoms with Crippen molar-refractivity contribution in [1.29, 1.82) is 0 Å². The zero-order chi connectivity index (χ0) is 22.5. The van der Waals surface area contributed by atoms with Gasteiger partial charge in [0.15, 0.2) is 0 Å². The van der Waals surface area contributed by atoms with Crippen LogP contribution in [-0.4, -0.2) is 20.6 Å². The number of nitrogens with zero attached hydrogens (tertiary/aromatic N) is 3. The van der Waals surface area contributed by atoms with Crippen LogP contribution >= 0.6 is 0 Å². The van der Waals surface area contributed by atoms with E-state index in [1.54, 1.807) is 15.8 Å². The smallest absolute Gasteiger partial charge is 0.225 e. The summed E-state index contributed by atoms with van der Waals surface area (Å²) in [6, 6.07) is 23.3. The lowest BCUT2D eigenvalue weighted by atomic mass is 10.1. The molecule has 0 aliphatic rings. The molecule has 0 aliphatic heterocycles. The third kappa shape index (κ3) is 4.75. The fourth-order valence-electron chi connectivity index (χ4n) is 3.61. The maximum atomic E-state index is 13.1. The number of hydrogen-bond donors (Lipinski definition) is 0. The van der Waals surface area contributed by atoms with Crippen LogP contribution in [0.4, 0.5) is 0 Å². The van der Waals surface area contributed by atoms with Gasteiger partial charge < -0.3 is 14.1 Å². The van der Waals surface area contributed by atoms with E-state index in [9.17, 15) is 4.79 Å². The molecule has 0 fully saturated rings. The van der Waals surface area contributed by atoms with E-state index in [4.69, 9.17) is 14.3 Å². The molecule has 2 aromatic heterocycles. The van der Waals surface area contributed by atoms with Crippen LogP contribution in [0.25, 0.3) is 11.3 Å². The van der Waals surface area contributed by atoms with Gasteiger partial charge >= 0.3 is 0 Å². The van der Waals surface area contributed by atoms with Gasteiger partial charge in [-0.3, -0.25) is 4.79 Å². The minimum Gasteiger partial charge on any atom is -0.467 e. The Labute approximate surface area is 188 Å². The highest BCUT2D eigenvalue weighted by molar-refractivity contribution is 5.78. The van der Waals surface area contributed by atoms with Gasteiger partial charge in [0.1, 0.15) is 17.2 Å². The van der Waals surface area contributed by atoms with E-state index in [0.29, 0.717) is 24.7 Å². The molecule has 0 aliphatic carbocycles. The number of furan rings is 1. The second-order valence-electron chi connectivity index (χ2n) is 7.97. The van der Waals surface area contributed by atoms with Crippen LogP contribution < -0.4 is 4.74 Å². The molecule has 32 heavy (non-hydrogen) atoms. The van der Waals surface area contributed by atoms with Crippen molar-refractivity contribution in [3.8, 4) is 22.9 Å². The number of carbonyl (C=O) groups is 1. The molecule has 0 atom stereocenters. The maximum absolute atomic E-state index is 13.1. The number of ether oxygens (including phenoxy) is 1. The average Bonchev–Trinajstić information content (AvgIpc) is 3.43. The quantitative estimate of drug-likeness (QED) is 0.363. The molecule has 2 heterocycles. The van der Waals surface area contributed by atoms with Gasteiger partial charge in [-0.15, -0.1) is 0 Å². The average molecular weight is 430 g/mol. The molecular formula is C26H27N3O3. The van der Waals surface area contributed by atoms with Crippen LogP contribution in [0.3, 0.4) is 0 Å². The number of aromatic nitrogens is 2. The molecule has 2 aromatic carbocycles. The Morgan fingerprint density at radius 2 is 1.69 bits per heavy atom. The van der Waals surface area contributed by atoms with Gasteiger partial charge in [0, 0.05) is 18.5 Å². The topological polar surface area (TPSA) is 60.5 Å². The van der Waals surface area contributed by atoms with E-state index in [-0.39, 0.29) is 11.8 Å². The lowest BCUT2D eigenvalue weighted by Crippen LogP contribution is -2.33. The van der Waals surface area contributed by atoms with E-state index < -0.39 is 0 Å². The minimum atomic E-state index is -0.152. The first-order chi connectivity index (χ1) is 15.5. The first-order valence-electron chi connectivity index (χ1n) is 10.7. The maximum Gasteiger partial charge on any atom is 0.225 e. The Morgan fingerprint density at radius 3 is 2.31 bits per heavy atom. The van der Waals surface area contributed by atoms with E-state index in [0.717, 1.165) is 22.6 Å². The number of amides is 1. The van der Waals surface area contributed by atoms with Gasteiger partial charge in [-0.25, -0.2) is 4.68 Å². The number of carbonyl (C=O) groups excluding carboxylic acids is 1. The number of hydrogen-bond acceptors (Lipinski definition) is 4. The summed E-state index contributed by atoms with van der Waals surface area (Å²) in [5, 5.41) is 4.76. The van der Waals surface area contributed by atoms with E-state index in [2.05, 4.69) is 0 Å². The molecule has 0 unspecified atom stereocenters. The second kappa shape index (κ2) is 9.56. The fraction of sp³-hybridized carbons (Fsp3) is 0.231. The molecule has 6 heteroatoms. The van der Waals surface area contributed by atoms with E-state index in [1.165, 1.54) is 0 Å². The Morgan fingerprint density at radius 1 is 1.00 bits per heavy atom. The lowest BCUT2D eigenvalue weighted by Gasteiger charge is -2.24. The van der Waals surface area contributed by atoms with Gasteiger partial charge in [-0.2, -0.15) is 5.10 Å².